The third-order valence-electron chi connectivity index (χ3n) is 2.28. The van der Waals surface area contributed by atoms with Crippen molar-refractivity contribution in [1.82, 2.24) is 5.32 Å². The molecule has 13 heavy (non-hydrogen) atoms. The molecule has 0 aliphatic carbocycles. The van der Waals surface area contributed by atoms with E-state index < -0.39 is 0 Å². The number of carbonyl (C=O) groups is 1. The maximum Gasteiger partial charge on any atom is 0.226 e. The Bertz CT molecular complexity index is 187. The van der Waals surface area contributed by atoms with Crippen LogP contribution in [0.2, 0.25) is 0 Å². The number of hydrogen-bond acceptors (Lipinski definition) is 1. The van der Waals surface area contributed by atoms with Gasteiger partial charge in [0, 0.05) is 16.3 Å². The topological polar surface area (TPSA) is 29.1 Å². The lowest BCUT2D eigenvalue weighted by Crippen LogP contribution is -2.49. The molecule has 0 aliphatic rings. The van der Waals surface area contributed by atoms with Crippen molar-refractivity contribution in [3.63, 3.8) is 0 Å². The molecule has 2 nitrogen and oxygen atoms in total. The first-order valence-electron chi connectivity index (χ1n) is 4.64. The summed E-state index contributed by atoms with van der Waals surface area (Å²) < 4.78 is 0. The zero-order valence-corrected chi connectivity index (χ0v) is 10.8. The Balaban J connectivity index is 4.31. The molecule has 1 N–H and O–H groups in total. The third kappa shape index (κ3) is 4.12. The first kappa shape index (κ1) is 12.9. The van der Waals surface area contributed by atoms with Gasteiger partial charge in [0.2, 0.25) is 5.91 Å². The Morgan fingerprint density at radius 3 is 2.08 bits per heavy atom. The third-order valence-corrected chi connectivity index (χ3v) is 3.69. The summed E-state index contributed by atoms with van der Waals surface area (Å²) in [7, 11) is 0. The molecule has 3 heteroatoms. The van der Waals surface area contributed by atoms with Crippen LogP contribution in [0, 0.1) is 5.41 Å². The van der Waals surface area contributed by atoms with E-state index in [4.69, 9.17) is 0 Å². The van der Waals surface area contributed by atoms with Crippen molar-refractivity contribution in [2.45, 2.75) is 46.6 Å². The Morgan fingerprint density at radius 1 is 1.31 bits per heavy atom. The molecule has 0 saturated carbocycles. The van der Waals surface area contributed by atoms with Crippen molar-refractivity contribution in [3.05, 3.63) is 0 Å². The smallest absolute Gasteiger partial charge is 0.226 e. The van der Waals surface area contributed by atoms with Crippen LogP contribution in [-0.4, -0.2) is 16.8 Å². The van der Waals surface area contributed by atoms with Gasteiger partial charge in [-0.1, -0.05) is 36.7 Å². The zero-order valence-electron chi connectivity index (χ0n) is 9.20. The Hall–Kier alpha value is -0.0500. The summed E-state index contributed by atoms with van der Waals surface area (Å²) >= 11 is 3.37. The predicted octanol–water partition coefficient (Wildman–Crippen LogP) is 2.71. The van der Waals surface area contributed by atoms with Gasteiger partial charge in [-0.25, -0.2) is 0 Å². The zero-order chi connectivity index (χ0) is 10.7. The monoisotopic (exact) mass is 249 g/mol. The van der Waals surface area contributed by atoms with Gasteiger partial charge >= 0.3 is 0 Å². The van der Waals surface area contributed by atoms with E-state index in [1.807, 2.05) is 34.6 Å². The number of alkyl halides is 1. The largest absolute Gasteiger partial charge is 0.350 e. The predicted molar refractivity (Wildman–Crippen MR) is 60.1 cm³/mol. The standard InChI is InChI=1S/C10H20BrNO/c1-6-9(2,3)8(13)12-10(4,5)7-11/h6-7H2,1-5H3,(H,12,13). The Kier molecular flexibility index (Phi) is 4.43. The van der Waals surface area contributed by atoms with Crippen LogP contribution >= 0.6 is 15.9 Å². The highest BCUT2D eigenvalue weighted by Gasteiger charge is 2.29. The summed E-state index contributed by atoms with van der Waals surface area (Å²) in [4.78, 5) is 11.7. The van der Waals surface area contributed by atoms with E-state index in [1.165, 1.54) is 0 Å². The van der Waals surface area contributed by atoms with Crippen LogP contribution in [0.3, 0.4) is 0 Å². The van der Waals surface area contributed by atoms with Crippen molar-refractivity contribution in [2.75, 3.05) is 5.33 Å². The van der Waals surface area contributed by atoms with Crippen molar-refractivity contribution in [1.29, 1.82) is 0 Å². The number of halogens is 1. The molecule has 0 fully saturated rings. The molecule has 0 aromatic rings. The second kappa shape index (κ2) is 4.45. The number of hydrogen-bond donors (Lipinski definition) is 1. The fourth-order valence-corrected chi connectivity index (χ4v) is 0.811. The lowest BCUT2D eigenvalue weighted by Gasteiger charge is -2.30. The minimum atomic E-state index is -0.264. The van der Waals surface area contributed by atoms with Crippen molar-refractivity contribution in [2.24, 2.45) is 5.41 Å². The molecule has 0 aliphatic heterocycles. The molecule has 78 valence electrons. The number of nitrogens with one attached hydrogen (secondary N) is 1. The van der Waals surface area contributed by atoms with E-state index >= 15 is 0 Å². The van der Waals surface area contributed by atoms with Crippen molar-refractivity contribution < 1.29 is 4.79 Å². The molecule has 0 radical (unpaired) electrons. The molecule has 0 bridgehead atoms. The highest BCUT2D eigenvalue weighted by Crippen LogP contribution is 2.21. The van der Waals surface area contributed by atoms with Gasteiger partial charge in [0.15, 0.2) is 0 Å². The van der Waals surface area contributed by atoms with Crippen LogP contribution in [0.25, 0.3) is 0 Å². The molecule has 0 rings (SSSR count). The van der Waals surface area contributed by atoms with Crippen LogP contribution in [0.4, 0.5) is 0 Å². The first-order valence-corrected chi connectivity index (χ1v) is 5.76. The van der Waals surface area contributed by atoms with Crippen LogP contribution in [0.5, 0.6) is 0 Å². The summed E-state index contributed by atoms with van der Waals surface area (Å²) in [5, 5.41) is 3.78. The second-order valence-corrected chi connectivity index (χ2v) is 5.27. The van der Waals surface area contributed by atoms with Gasteiger partial charge in [0.05, 0.1) is 0 Å². The molecular formula is C10H20BrNO. The van der Waals surface area contributed by atoms with E-state index in [-0.39, 0.29) is 16.9 Å². The summed E-state index contributed by atoms with van der Waals surface area (Å²) in [5.74, 6) is 0.124. The number of rotatable bonds is 4. The molecule has 0 saturated heterocycles. The minimum Gasteiger partial charge on any atom is -0.350 e. The van der Waals surface area contributed by atoms with Crippen molar-refractivity contribution >= 4 is 21.8 Å². The summed E-state index contributed by atoms with van der Waals surface area (Å²) in [6, 6.07) is 0. The van der Waals surface area contributed by atoms with E-state index in [9.17, 15) is 4.79 Å². The van der Waals surface area contributed by atoms with Gasteiger partial charge in [0.1, 0.15) is 0 Å². The van der Waals surface area contributed by atoms with E-state index in [0.29, 0.717) is 0 Å². The normalized spacial score (nSPS) is 12.8. The molecule has 0 atom stereocenters. The van der Waals surface area contributed by atoms with Crippen LogP contribution < -0.4 is 5.32 Å². The molecule has 0 aromatic heterocycles. The minimum absolute atomic E-state index is 0.124. The summed E-state index contributed by atoms with van der Waals surface area (Å²) in [5.41, 5.74) is -0.428. The van der Waals surface area contributed by atoms with Crippen LogP contribution in [-0.2, 0) is 4.79 Å². The molecule has 1 amide bonds. The average Bonchev–Trinajstić information content (AvgIpc) is 2.04. The number of carbonyl (C=O) groups excluding carboxylic acids is 1. The number of amides is 1. The van der Waals surface area contributed by atoms with Gasteiger partial charge in [0.25, 0.3) is 0 Å². The van der Waals surface area contributed by atoms with E-state index in [2.05, 4.69) is 21.2 Å². The van der Waals surface area contributed by atoms with Gasteiger partial charge in [-0.2, -0.15) is 0 Å². The maximum atomic E-state index is 11.7. The van der Waals surface area contributed by atoms with Gasteiger partial charge < -0.3 is 5.32 Å². The Morgan fingerprint density at radius 2 is 1.77 bits per heavy atom. The molecule has 0 spiro atoms. The molecule has 0 heterocycles. The van der Waals surface area contributed by atoms with Crippen LogP contribution in [0.15, 0.2) is 0 Å². The molecule has 0 unspecified atom stereocenters. The highest BCUT2D eigenvalue weighted by molar-refractivity contribution is 9.09. The lowest BCUT2D eigenvalue weighted by atomic mass is 9.88. The molecular weight excluding hydrogens is 230 g/mol. The second-order valence-electron chi connectivity index (χ2n) is 4.71. The fraction of sp³-hybridized carbons (Fsp3) is 0.900. The molecule has 0 aromatic carbocycles. The summed E-state index contributed by atoms with van der Waals surface area (Å²) in [6.45, 7) is 9.97. The van der Waals surface area contributed by atoms with Gasteiger partial charge in [-0.3, -0.25) is 4.79 Å². The van der Waals surface area contributed by atoms with Crippen LogP contribution in [0.1, 0.15) is 41.0 Å². The quantitative estimate of drug-likeness (QED) is 0.763. The lowest BCUT2D eigenvalue weighted by molar-refractivity contribution is -0.130. The highest BCUT2D eigenvalue weighted by atomic mass is 79.9. The maximum absolute atomic E-state index is 11.7. The Labute approximate surface area is 89.6 Å². The van der Waals surface area contributed by atoms with Gasteiger partial charge in [-0.15, -0.1) is 0 Å². The van der Waals surface area contributed by atoms with Gasteiger partial charge in [-0.05, 0) is 20.3 Å². The van der Waals surface area contributed by atoms with E-state index in [0.717, 1.165) is 11.8 Å². The fourth-order valence-electron chi connectivity index (χ4n) is 0.670. The SMILES string of the molecule is CCC(C)(C)C(=O)NC(C)(C)CBr. The average molecular weight is 250 g/mol. The summed E-state index contributed by atoms with van der Waals surface area (Å²) in [6.07, 6.45) is 0.858. The van der Waals surface area contributed by atoms with Crippen molar-refractivity contribution in [3.8, 4) is 0 Å². The first-order chi connectivity index (χ1) is 5.75. The van der Waals surface area contributed by atoms with E-state index in [1.54, 1.807) is 0 Å².